The highest BCUT2D eigenvalue weighted by Gasteiger charge is 2.05. The molecule has 2 aromatic carbocycles. The number of aryl methyl sites for hydroxylation is 1. The van der Waals surface area contributed by atoms with Crippen LogP contribution in [-0.4, -0.2) is 17.4 Å². The zero-order valence-corrected chi connectivity index (χ0v) is 15.2. The molecule has 5 heteroatoms. The van der Waals surface area contributed by atoms with Gasteiger partial charge < -0.3 is 5.32 Å². The van der Waals surface area contributed by atoms with Crippen molar-refractivity contribution in [3.63, 3.8) is 0 Å². The first-order chi connectivity index (χ1) is 12.6. The van der Waals surface area contributed by atoms with E-state index in [2.05, 4.69) is 41.5 Å². The zero-order valence-electron chi connectivity index (χ0n) is 14.4. The summed E-state index contributed by atoms with van der Waals surface area (Å²) in [7, 11) is 0. The lowest BCUT2D eigenvalue weighted by atomic mass is 10.2. The quantitative estimate of drug-likeness (QED) is 0.646. The monoisotopic (exact) mass is 366 g/mol. The van der Waals surface area contributed by atoms with Gasteiger partial charge in [-0.3, -0.25) is 4.79 Å². The number of hydrogen-bond acceptors (Lipinski definition) is 3. The highest BCUT2D eigenvalue weighted by Crippen LogP contribution is 2.24. The van der Waals surface area contributed by atoms with E-state index in [1.807, 2.05) is 5.38 Å². The highest BCUT2D eigenvalue weighted by molar-refractivity contribution is 7.13. The fourth-order valence-electron chi connectivity index (χ4n) is 2.40. The van der Waals surface area contributed by atoms with Crippen molar-refractivity contribution >= 4 is 23.3 Å². The van der Waals surface area contributed by atoms with Crippen LogP contribution in [0.4, 0.5) is 4.39 Å². The van der Waals surface area contributed by atoms with Crippen LogP contribution in [0.3, 0.4) is 0 Å². The molecule has 0 saturated heterocycles. The summed E-state index contributed by atoms with van der Waals surface area (Å²) in [5, 5.41) is 5.78. The molecule has 0 saturated carbocycles. The molecular weight excluding hydrogens is 347 g/mol. The molecule has 1 amide bonds. The molecule has 0 aliphatic rings. The van der Waals surface area contributed by atoms with Crippen LogP contribution in [0.25, 0.3) is 16.6 Å². The molecule has 26 heavy (non-hydrogen) atoms. The van der Waals surface area contributed by atoms with Gasteiger partial charge in [-0.05, 0) is 19.1 Å². The van der Waals surface area contributed by atoms with Crippen molar-refractivity contribution in [1.82, 2.24) is 10.3 Å². The van der Waals surface area contributed by atoms with Crippen LogP contribution in [-0.2, 0) is 11.2 Å². The SMILES string of the molecule is Cc1ccc(-c2nc(CCNC(=O)/C=C/c3ccccc3F)cs2)cc1. The maximum atomic E-state index is 13.5. The topological polar surface area (TPSA) is 42.0 Å². The van der Waals surface area contributed by atoms with Crippen LogP contribution in [0.1, 0.15) is 16.8 Å². The van der Waals surface area contributed by atoms with E-state index in [1.54, 1.807) is 29.5 Å². The Morgan fingerprint density at radius 1 is 1.19 bits per heavy atom. The molecule has 1 N–H and O–H groups in total. The van der Waals surface area contributed by atoms with Gasteiger partial charge in [0.2, 0.25) is 5.91 Å². The van der Waals surface area contributed by atoms with E-state index in [9.17, 15) is 9.18 Å². The number of aromatic nitrogens is 1. The van der Waals surface area contributed by atoms with E-state index in [0.29, 0.717) is 18.5 Å². The molecule has 3 nitrogen and oxygen atoms in total. The van der Waals surface area contributed by atoms with E-state index in [-0.39, 0.29) is 11.7 Å². The zero-order chi connectivity index (χ0) is 18.4. The summed E-state index contributed by atoms with van der Waals surface area (Å²) < 4.78 is 13.5. The summed E-state index contributed by atoms with van der Waals surface area (Å²) in [5.74, 6) is -0.593. The van der Waals surface area contributed by atoms with Crippen molar-refractivity contribution in [2.45, 2.75) is 13.3 Å². The van der Waals surface area contributed by atoms with Crippen LogP contribution < -0.4 is 5.32 Å². The van der Waals surface area contributed by atoms with Gasteiger partial charge in [-0.1, -0.05) is 48.0 Å². The first-order valence-corrected chi connectivity index (χ1v) is 9.21. The predicted molar refractivity (Wildman–Crippen MR) is 104 cm³/mol. The Kier molecular flexibility index (Phi) is 5.92. The van der Waals surface area contributed by atoms with E-state index < -0.39 is 0 Å². The standard InChI is InChI=1S/C21H19FN2OS/c1-15-6-8-17(9-7-15)21-24-18(14-26-21)12-13-23-20(25)11-10-16-4-2-3-5-19(16)22/h2-11,14H,12-13H2,1H3,(H,23,25)/b11-10+. The van der Waals surface area contributed by atoms with Crippen LogP contribution in [0.15, 0.2) is 60.0 Å². The smallest absolute Gasteiger partial charge is 0.244 e. The molecule has 1 aromatic heterocycles. The molecule has 0 aliphatic heterocycles. The Morgan fingerprint density at radius 3 is 2.73 bits per heavy atom. The lowest BCUT2D eigenvalue weighted by Crippen LogP contribution is -2.23. The van der Waals surface area contributed by atoms with Crippen molar-refractivity contribution in [1.29, 1.82) is 0 Å². The number of nitrogens with zero attached hydrogens (tertiary/aromatic N) is 1. The lowest BCUT2D eigenvalue weighted by molar-refractivity contribution is -0.116. The molecule has 0 unspecified atom stereocenters. The van der Waals surface area contributed by atoms with Gasteiger partial charge in [-0.25, -0.2) is 9.37 Å². The van der Waals surface area contributed by atoms with Gasteiger partial charge in [0.05, 0.1) is 5.69 Å². The van der Waals surface area contributed by atoms with Crippen LogP contribution >= 0.6 is 11.3 Å². The number of carbonyl (C=O) groups is 1. The van der Waals surface area contributed by atoms with Gasteiger partial charge in [-0.2, -0.15) is 0 Å². The molecule has 0 bridgehead atoms. The first-order valence-electron chi connectivity index (χ1n) is 8.34. The average Bonchev–Trinajstić information content (AvgIpc) is 3.10. The molecule has 0 radical (unpaired) electrons. The summed E-state index contributed by atoms with van der Waals surface area (Å²) in [5.41, 5.74) is 3.66. The second-order valence-electron chi connectivity index (χ2n) is 5.91. The largest absolute Gasteiger partial charge is 0.352 e. The molecule has 3 rings (SSSR count). The van der Waals surface area contributed by atoms with Crippen molar-refractivity contribution in [2.24, 2.45) is 0 Å². The number of carbonyl (C=O) groups excluding carboxylic acids is 1. The Labute approximate surface area is 156 Å². The van der Waals surface area contributed by atoms with Crippen molar-refractivity contribution < 1.29 is 9.18 Å². The normalized spacial score (nSPS) is 11.0. The van der Waals surface area contributed by atoms with Crippen molar-refractivity contribution in [2.75, 3.05) is 6.54 Å². The first kappa shape index (κ1) is 18.0. The number of thiazole rings is 1. The number of hydrogen-bond donors (Lipinski definition) is 1. The van der Waals surface area contributed by atoms with Crippen molar-refractivity contribution in [3.05, 3.63) is 82.6 Å². The minimum absolute atomic E-state index is 0.248. The summed E-state index contributed by atoms with van der Waals surface area (Å²) in [6, 6.07) is 14.6. The van der Waals surface area contributed by atoms with Crippen LogP contribution in [0.2, 0.25) is 0 Å². The van der Waals surface area contributed by atoms with Crippen LogP contribution in [0, 0.1) is 12.7 Å². The average molecular weight is 366 g/mol. The fraction of sp³-hybridized carbons (Fsp3) is 0.143. The van der Waals surface area contributed by atoms with Gasteiger partial charge in [-0.15, -0.1) is 11.3 Å². The molecule has 0 fully saturated rings. The summed E-state index contributed by atoms with van der Waals surface area (Å²) in [4.78, 5) is 16.5. The minimum atomic E-state index is -0.345. The lowest BCUT2D eigenvalue weighted by Gasteiger charge is -2.00. The molecule has 3 aromatic rings. The second-order valence-corrected chi connectivity index (χ2v) is 6.76. The maximum Gasteiger partial charge on any atom is 0.244 e. The Morgan fingerprint density at radius 2 is 1.96 bits per heavy atom. The summed E-state index contributed by atoms with van der Waals surface area (Å²) in [6.07, 6.45) is 3.47. The van der Waals surface area contributed by atoms with E-state index in [1.165, 1.54) is 23.8 Å². The minimum Gasteiger partial charge on any atom is -0.352 e. The number of benzene rings is 2. The summed E-state index contributed by atoms with van der Waals surface area (Å²) >= 11 is 1.60. The van der Waals surface area contributed by atoms with Crippen LogP contribution in [0.5, 0.6) is 0 Å². The van der Waals surface area contributed by atoms with Gasteiger partial charge in [0, 0.05) is 35.5 Å². The summed E-state index contributed by atoms with van der Waals surface area (Å²) in [6.45, 7) is 2.54. The van der Waals surface area contributed by atoms with Gasteiger partial charge in [0.15, 0.2) is 0 Å². The third kappa shape index (κ3) is 4.86. The molecule has 0 aliphatic carbocycles. The third-order valence-corrected chi connectivity index (χ3v) is 4.79. The Bertz CT molecular complexity index is 916. The molecule has 1 heterocycles. The predicted octanol–water partition coefficient (Wildman–Crippen LogP) is 4.63. The van der Waals surface area contributed by atoms with E-state index >= 15 is 0 Å². The van der Waals surface area contributed by atoms with E-state index in [4.69, 9.17) is 0 Å². The molecule has 0 spiro atoms. The van der Waals surface area contributed by atoms with Crippen molar-refractivity contribution in [3.8, 4) is 10.6 Å². The number of nitrogens with one attached hydrogen (secondary N) is 1. The Balaban J connectivity index is 1.50. The molecule has 0 atom stereocenters. The van der Waals surface area contributed by atoms with Gasteiger partial charge in [0.25, 0.3) is 0 Å². The molecule has 132 valence electrons. The van der Waals surface area contributed by atoms with Gasteiger partial charge >= 0.3 is 0 Å². The van der Waals surface area contributed by atoms with Gasteiger partial charge in [0.1, 0.15) is 10.8 Å². The fourth-order valence-corrected chi connectivity index (χ4v) is 3.26. The second kappa shape index (κ2) is 8.54. The highest BCUT2D eigenvalue weighted by atomic mass is 32.1. The third-order valence-electron chi connectivity index (χ3n) is 3.85. The Hall–Kier alpha value is -2.79. The maximum absolute atomic E-state index is 13.5. The number of amides is 1. The molecular formula is C21H19FN2OS. The number of rotatable bonds is 6. The van der Waals surface area contributed by atoms with E-state index in [0.717, 1.165) is 16.3 Å². The number of halogens is 1.